The maximum absolute atomic E-state index is 3.56. The molecule has 0 radical (unpaired) electrons. The van der Waals surface area contributed by atoms with Gasteiger partial charge in [0, 0.05) is 18.8 Å². The molecule has 1 atom stereocenters. The molecule has 0 aliphatic carbocycles. The molecule has 100 valence electrons. The molecule has 0 amide bonds. The van der Waals surface area contributed by atoms with Gasteiger partial charge in [0.1, 0.15) is 0 Å². The molecule has 1 N–H and O–H groups in total. The molecule has 1 aromatic rings. The molecule has 0 aromatic heterocycles. The van der Waals surface area contributed by atoms with Gasteiger partial charge in [-0.3, -0.25) is 0 Å². The highest BCUT2D eigenvalue weighted by Crippen LogP contribution is 2.27. The summed E-state index contributed by atoms with van der Waals surface area (Å²) >= 11 is 0. The monoisotopic (exact) mass is 246 g/mol. The zero-order valence-corrected chi connectivity index (χ0v) is 11.8. The van der Waals surface area contributed by atoms with Crippen molar-refractivity contribution in [3.8, 4) is 0 Å². The molecule has 1 unspecified atom stereocenters. The van der Waals surface area contributed by atoms with E-state index in [1.165, 1.54) is 43.6 Å². The predicted molar refractivity (Wildman–Crippen MR) is 79.3 cm³/mol. The van der Waals surface area contributed by atoms with Crippen LogP contribution in [0, 0.1) is 5.92 Å². The number of hydrogen-bond acceptors (Lipinski definition) is 2. The minimum atomic E-state index is 0.803. The lowest BCUT2D eigenvalue weighted by molar-refractivity contribution is 0.495. The van der Waals surface area contributed by atoms with E-state index < -0.39 is 0 Å². The van der Waals surface area contributed by atoms with Crippen LogP contribution in [0.4, 0.5) is 5.69 Å². The van der Waals surface area contributed by atoms with Gasteiger partial charge in [-0.05, 0) is 43.5 Å². The maximum Gasteiger partial charge on any atom is 0.0399 e. The number of para-hydroxylation sites is 1. The van der Waals surface area contributed by atoms with Crippen LogP contribution in [0.5, 0.6) is 0 Å². The van der Waals surface area contributed by atoms with E-state index in [1.807, 2.05) is 0 Å². The van der Waals surface area contributed by atoms with Crippen molar-refractivity contribution in [1.82, 2.24) is 5.32 Å². The molecule has 2 rings (SSSR count). The van der Waals surface area contributed by atoms with E-state index in [2.05, 4.69) is 48.3 Å². The summed E-state index contributed by atoms with van der Waals surface area (Å²) in [6.07, 6.45) is 3.73. The number of rotatable bonds is 7. The lowest BCUT2D eigenvalue weighted by Gasteiger charge is -2.19. The molecule has 1 aliphatic rings. The predicted octanol–water partition coefficient (Wildman–Crippen LogP) is 3.07. The average molecular weight is 246 g/mol. The van der Waals surface area contributed by atoms with Crippen LogP contribution in [-0.2, 0) is 6.42 Å². The highest BCUT2D eigenvalue weighted by Gasteiger charge is 2.17. The highest BCUT2D eigenvalue weighted by atomic mass is 15.1. The molecule has 18 heavy (non-hydrogen) atoms. The second kappa shape index (κ2) is 6.79. The molecule has 0 bridgehead atoms. The topological polar surface area (TPSA) is 15.3 Å². The fraction of sp³-hybridized carbons (Fsp3) is 0.625. The van der Waals surface area contributed by atoms with E-state index in [-0.39, 0.29) is 0 Å². The molecular weight excluding hydrogens is 220 g/mol. The molecule has 2 nitrogen and oxygen atoms in total. The Morgan fingerprint density at radius 2 is 2.17 bits per heavy atom. The first-order chi connectivity index (χ1) is 8.81. The van der Waals surface area contributed by atoms with Crippen molar-refractivity contribution >= 4 is 5.69 Å². The van der Waals surface area contributed by atoms with E-state index >= 15 is 0 Å². The van der Waals surface area contributed by atoms with Crippen LogP contribution in [0.2, 0.25) is 0 Å². The van der Waals surface area contributed by atoms with Gasteiger partial charge < -0.3 is 10.2 Å². The summed E-state index contributed by atoms with van der Waals surface area (Å²) in [6.45, 7) is 9.25. The molecule has 1 aliphatic heterocycles. The standard InChI is InChI=1S/C16H26N2/c1-3-14(2)13-17-10-6-11-18-12-9-15-7-4-5-8-16(15)18/h4-5,7-8,14,17H,3,6,9-13H2,1-2H3. The normalized spacial score (nSPS) is 15.8. The van der Waals surface area contributed by atoms with E-state index in [1.54, 1.807) is 0 Å². The summed E-state index contributed by atoms with van der Waals surface area (Å²) < 4.78 is 0. The maximum atomic E-state index is 3.56. The molecule has 1 heterocycles. The molecule has 0 fully saturated rings. The number of anilines is 1. The summed E-state index contributed by atoms with van der Waals surface area (Å²) in [5.74, 6) is 0.803. The van der Waals surface area contributed by atoms with Crippen molar-refractivity contribution < 1.29 is 0 Å². The van der Waals surface area contributed by atoms with Gasteiger partial charge in [-0.25, -0.2) is 0 Å². The molecule has 0 saturated carbocycles. The fourth-order valence-electron chi connectivity index (χ4n) is 2.53. The fourth-order valence-corrected chi connectivity index (χ4v) is 2.53. The number of fused-ring (bicyclic) bond motifs is 1. The van der Waals surface area contributed by atoms with E-state index in [0.29, 0.717) is 0 Å². The van der Waals surface area contributed by atoms with Crippen LogP contribution >= 0.6 is 0 Å². The van der Waals surface area contributed by atoms with Gasteiger partial charge in [-0.15, -0.1) is 0 Å². The van der Waals surface area contributed by atoms with Gasteiger partial charge >= 0.3 is 0 Å². The van der Waals surface area contributed by atoms with Gasteiger partial charge in [0.2, 0.25) is 0 Å². The number of nitrogens with zero attached hydrogens (tertiary/aromatic N) is 1. The molecule has 1 aromatic carbocycles. The quantitative estimate of drug-likeness (QED) is 0.744. The second-order valence-corrected chi connectivity index (χ2v) is 5.44. The molecule has 0 saturated heterocycles. The van der Waals surface area contributed by atoms with E-state index in [4.69, 9.17) is 0 Å². The van der Waals surface area contributed by atoms with Crippen molar-refractivity contribution in [2.75, 3.05) is 31.1 Å². The zero-order valence-electron chi connectivity index (χ0n) is 11.8. The van der Waals surface area contributed by atoms with Crippen molar-refractivity contribution in [3.05, 3.63) is 29.8 Å². The summed E-state index contributed by atoms with van der Waals surface area (Å²) in [7, 11) is 0. The van der Waals surface area contributed by atoms with Gasteiger partial charge in [-0.1, -0.05) is 38.5 Å². The SMILES string of the molecule is CCC(C)CNCCCN1CCc2ccccc21. The zero-order chi connectivity index (χ0) is 12.8. The Balaban J connectivity index is 1.67. The van der Waals surface area contributed by atoms with Crippen molar-refractivity contribution in [2.45, 2.75) is 33.1 Å². The van der Waals surface area contributed by atoms with Crippen molar-refractivity contribution in [3.63, 3.8) is 0 Å². The van der Waals surface area contributed by atoms with E-state index in [9.17, 15) is 0 Å². The Morgan fingerprint density at radius 1 is 1.33 bits per heavy atom. The highest BCUT2D eigenvalue weighted by molar-refractivity contribution is 5.57. The van der Waals surface area contributed by atoms with Gasteiger partial charge in [0.25, 0.3) is 0 Å². The van der Waals surface area contributed by atoms with Crippen LogP contribution in [0.3, 0.4) is 0 Å². The van der Waals surface area contributed by atoms with Crippen LogP contribution in [0.25, 0.3) is 0 Å². The molecule has 0 spiro atoms. The van der Waals surface area contributed by atoms with Crippen LogP contribution in [-0.4, -0.2) is 26.2 Å². The number of benzene rings is 1. The lowest BCUT2D eigenvalue weighted by atomic mass is 10.1. The third-order valence-corrected chi connectivity index (χ3v) is 3.95. The smallest absolute Gasteiger partial charge is 0.0399 e. The Hall–Kier alpha value is -1.02. The van der Waals surface area contributed by atoms with Gasteiger partial charge in [0.15, 0.2) is 0 Å². The van der Waals surface area contributed by atoms with Crippen LogP contribution in [0.15, 0.2) is 24.3 Å². The van der Waals surface area contributed by atoms with Crippen LogP contribution < -0.4 is 10.2 Å². The van der Waals surface area contributed by atoms with E-state index in [0.717, 1.165) is 19.0 Å². The largest absolute Gasteiger partial charge is 0.371 e. The average Bonchev–Trinajstić information content (AvgIpc) is 2.81. The second-order valence-electron chi connectivity index (χ2n) is 5.44. The first kappa shape index (κ1) is 13.4. The summed E-state index contributed by atoms with van der Waals surface area (Å²) in [6, 6.07) is 8.82. The van der Waals surface area contributed by atoms with Gasteiger partial charge in [0.05, 0.1) is 0 Å². The Bertz CT molecular complexity index is 362. The first-order valence-corrected chi connectivity index (χ1v) is 7.35. The third-order valence-electron chi connectivity index (χ3n) is 3.95. The Kier molecular flexibility index (Phi) is 5.06. The number of nitrogens with one attached hydrogen (secondary N) is 1. The summed E-state index contributed by atoms with van der Waals surface area (Å²) in [4.78, 5) is 2.53. The third kappa shape index (κ3) is 3.49. The Morgan fingerprint density at radius 3 is 3.00 bits per heavy atom. The molecule has 2 heteroatoms. The first-order valence-electron chi connectivity index (χ1n) is 7.35. The minimum absolute atomic E-state index is 0.803. The van der Waals surface area contributed by atoms with Crippen molar-refractivity contribution in [1.29, 1.82) is 0 Å². The Labute approximate surface area is 111 Å². The number of hydrogen-bond donors (Lipinski definition) is 1. The van der Waals surface area contributed by atoms with Crippen molar-refractivity contribution in [2.24, 2.45) is 5.92 Å². The van der Waals surface area contributed by atoms with Crippen LogP contribution in [0.1, 0.15) is 32.3 Å². The lowest BCUT2D eigenvalue weighted by Crippen LogP contribution is -2.27. The summed E-state index contributed by atoms with van der Waals surface area (Å²) in [5.41, 5.74) is 2.98. The van der Waals surface area contributed by atoms with Gasteiger partial charge in [-0.2, -0.15) is 0 Å². The molecular formula is C16H26N2. The summed E-state index contributed by atoms with van der Waals surface area (Å²) in [5, 5.41) is 3.56. The minimum Gasteiger partial charge on any atom is -0.371 e.